The average molecular weight is 807 g/mol. The van der Waals surface area contributed by atoms with Gasteiger partial charge in [-0.05, 0) is 60.7 Å². The minimum Gasteiger partial charge on any atom is -0.477 e. The van der Waals surface area contributed by atoms with Crippen molar-refractivity contribution in [2.75, 3.05) is 13.1 Å². The predicted molar refractivity (Wildman–Crippen MR) is 197 cm³/mol. The molecule has 0 spiro atoms. The second-order valence-corrected chi connectivity index (χ2v) is 14.8. The van der Waals surface area contributed by atoms with E-state index in [2.05, 4.69) is 0 Å². The second-order valence-electron chi connectivity index (χ2n) is 13.5. The summed E-state index contributed by atoms with van der Waals surface area (Å²) in [4.78, 5) is 86.8. The van der Waals surface area contributed by atoms with Gasteiger partial charge in [0.05, 0.1) is 39.9 Å². The lowest BCUT2D eigenvalue weighted by molar-refractivity contribution is -0.385. The van der Waals surface area contributed by atoms with Crippen LogP contribution >= 0.6 is 11.8 Å². The molecule has 3 aliphatic rings. The van der Waals surface area contributed by atoms with Crippen molar-refractivity contribution in [2.45, 2.75) is 50.4 Å². The van der Waals surface area contributed by atoms with Crippen LogP contribution in [0.3, 0.4) is 0 Å². The number of carboxylic acids is 1. The molecule has 0 saturated carbocycles. The van der Waals surface area contributed by atoms with E-state index in [1.165, 1.54) is 84.6 Å². The van der Waals surface area contributed by atoms with Crippen molar-refractivity contribution in [2.24, 2.45) is 11.8 Å². The molecule has 0 aliphatic carbocycles. The number of fused-ring (bicyclic) bond motifs is 1. The fourth-order valence-electron chi connectivity index (χ4n) is 7.00. The lowest BCUT2D eigenvalue weighted by Crippen LogP contribution is -2.45. The van der Waals surface area contributed by atoms with E-state index in [9.17, 15) is 59.7 Å². The Morgan fingerprint density at radius 2 is 1.19 bits per heavy atom. The van der Waals surface area contributed by atoms with Crippen molar-refractivity contribution in [3.63, 3.8) is 0 Å². The molecule has 2 N–H and O–H groups in total. The molecule has 4 atom stereocenters. The largest absolute Gasteiger partial charge is 0.477 e. The van der Waals surface area contributed by atoms with Gasteiger partial charge in [0.2, 0.25) is 5.91 Å². The molecule has 3 aliphatic heterocycles. The zero-order valence-electron chi connectivity index (χ0n) is 29.9. The Balaban J connectivity index is 1.27. The van der Waals surface area contributed by atoms with Crippen LogP contribution in [0.1, 0.15) is 30.0 Å². The SMILES string of the molecule is C[C@@H](O)[C@@H]1C[C@H]2C(Cc3ccc([N+](=O)[O-])cc3)C(SC3CN(C(=O)OCc4ccc([N+](=O)[O-])cc4)N(C(=O)OCc4ccc([N+](=O)[O-])cc4)C3)=C(C(=O)O)N2C1=O. The van der Waals surface area contributed by atoms with Crippen molar-refractivity contribution in [1.82, 2.24) is 14.9 Å². The third kappa shape index (κ3) is 8.63. The van der Waals surface area contributed by atoms with E-state index < -0.39 is 68.1 Å². The maximum absolute atomic E-state index is 13.6. The molecule has 6 rings (SSSR count). The molecule has 3 aromatic rings. The molecular formula is C36H34N6O14S. The molecule has 21 heteroatoms. The number of nitro benzene ring substituents is 3. The average Bonchev–Trinajstić information content (AvgIpc) is 3.85. The fourth-order valence-corrected chi connectivity index (χ4v) is 8.50. The van der Waals surface area contributed by atoms with Gasteiger partial charge in [-0.15, -0.1) is 11.8 Å². The van der Waals surface area contributed by atoms with Crippen LogP contribution in [-0.2, 0) is 38.7 Å². The highest BCUT2D eigenvalue weighted by atomic mass is 32.2. The maximum Gasteiger partial charge on any atom is 0.429 e. The number of hydrogen-bond donors (Lipinski definition) is 2. The summed E-state index contributed by atoms with van der Waals surface area (Å²) in [7, 11) is 0. The number of amides is 3. The van der Waals surface area contributed by atoms with Crippen molar-refractivity contribution in [3.8, 4) is 0 Å². The van der Waals surface area contributed by atoms with Crippen LogP contribution in [-0.4, -0.2) is 94.4 Å². The van der Waals surface area contributed by atoms with Gasteiger partial charge >= 0.3 is 18.2 Å². The van der Waals surface area contributed by atoms with Crippen LogP contribution in [0.15, 0.2) is 83.4 Å². The monoisotopic (exact) mass is 806 g/mol. The zero-order valence-corrected chi connectivity index (χ0v) is 30.8. The van der Waals surface area contributed by atoms with Gasteiger partial charge in [-0.2, -0.15) is 0 Å². The molecule has 298 valence electrons. The molecule has 3 aromatic carbocycles. The Morgan fingerprint density at radius 3 is 1.58 bits per heavy atom. The summed E-state index contributed by atoms with van der Waals surface area (Å²) in [5.74, 6) is -3.51. The number of aliphatic carboxylic acids is 1. The van der Waals surface area contributed by atoms with Gasteiger partial charge in [-0.1, -0.05) is 12.1 Å². The summed E-state index contributed by atoms with van der Waals surface area (Å²) >= 11 is 1.04. The molecular weight excluding hydrogens is 772 g/mol. The Hall–Kier alpha value is -6.61. The third-order valence-corrected chi connectivity index (χ3v) is 11.2. The molecule has 20 nitrogen and oxygen atoms in total. The molecule has 0 aromatic heterocycles. The number of carbonyl (C=O) groups excluding carboxylic acids is 3. The number of hydrogen-bond acceptors (Lipinski definition) is 14. The van der Waals surface area contributed by atoms with E-state index in [1.807, 2.05) is 0 Å². The lowest BCUT2D eigenvalue weighted by Gasteiger charge is -2.26. The lowest BCUT2D eigenvalue weighted by atomic mass is 9.88. The molecule has 1 unspecified atom stereocenters. The van der Waals surface area contributed by atoms with Crippen LogP contribution in [0, 0.1) is 42.2 Å². The van der Waals surface area contributed by atoms with Gasteiger partial charge in [-0.25, -0.2) is 24.4 Å². The van der Waals surface area contributed by atoms with E-state index in [0.29, 0.717) is 16.7 Å². The number of carboxylic acid groups (broad SMARTS) is 1. The summed E-state index contributed by atoms with van der Waals surface area (Å²) in [5.41, 5.74) is 0.610. The minimum absolute atomic E-state index is 0.127. The van der Waals surface area contributed by atoms with Crippen LogP contribution in [0.2, 0.25) is 0 Å². The first-order chi connectivity index (χ1) is 27.1. The molecule has 0 bridgehead atoms. The molecule has 57 heavy (non-hydrogen) atoms. The summed E-state index contributed by atoms with van der Waals surface area (Å²) in [6, 6.07) is 15.5. The normalized spacial score (nSPS) is 19.7. The molecule has 3 heterocycles. The van der Waals surface area contributed by atoms with Crippen molar-refractivity contribution in [1.29, 1.82) is 0 Å². The molecule has 2 saturated heterocycles. The van der Waals surface area contributed by atoms with E-state index >= 15 is 0 Å². The number of nitrogens with zero attached hydrogens (tertiary/aromatic N) is 6. The number of aliphatic hydroxyl groups excluding tert-OH is 1. The summed E-state index contributed by atoms with van der Waals surface area (Å²) < 4.78 is 10.9. The maximum atomic E-state index is 13.6. The Labute approximate surface area is 326 Å². The number of nitro groups is 3. The topological polar surface area (TPSA) is 266 Å². The van der Waals surface area contributed by atoms with Gasteiger partial charge in [0, 0.05) is 58.5 Å². The highest BCUT2D eigenvalue weighted by Gasteiger charge is 2.55. The van der Waals surface area contributed by atoms with E-state index in [1.54, 1.807) is 0 Å². The Kier molecular flexibility index (Phi) is 11.7. The van der Waals surface area contributed by atoms with Crippen molar-refractivity contribution < 1.29 is 53.6 Å². The van der Waals surface area contributed by atoms with Crippen LogP contribution < -0.4 is 0 Å². The van der Waals surface area contributed by atoms with Crippen LogP contribution in [0.25, 0.3) is 0 Å². The number of carbonyl (C=O) groups is 4. The number of hydrazine groups is 1. The Bertz CT molecular complexity index is 2050. The summed E-state index contributed by atoms with van der Waals surface area (Å²) in [5, 5.41) is 55.5. The number of aliphatic hydroxyl groups is 1. The number of non-ortho nitro benzene ring substituents is 3. The van der Waals surface area contributed by atoms with E-state index in [-0.39, 0.29) is 66.8 Å². The first kappa shape index (κ1) is 40.1. The zero-order chi connectivity index (χ0) is 41.1. The highest BCUT2D eigenvalue weighted by molar-refractivity contribution is 8.03. The molecule has 3 amide bonds. The van der Waals surface area contributed by atoms with Gasteiger partial charge in [0.15, 0.2) is 0 Å². The van der Waals surface area contributed by atoms with Gasteiger partial charge in [0.1, 0.15) is 18.9 Å². The molecule has 2 fully saturated rings. The second kappa shape index (κ2) is 16.6. The first-order valence-corrected chi connectivity index (χ1v) is 18.2. The standard InChI is InChI=1S/C36H34N6O14S/c1-20(43)28-15-30-29(14-21-2-8-24(9-3-21)40(49)50)32(31(34(45)46)39(30)33(28)44)57-27-16-37(35(47)55-18-22-4-10-25(11-5-22)41(51)52)38(17-27)36(48)56-19-23-6-12-26(13-7-23)42(53)54/h2-13,20,27-30,43H,14-19H2,1H3,(H,45,46)/t20-,28+,29?,30+/m1/s1. The van der Waals surface area contributed by atoms with E-state index in [4.69, 9.17) is 9.47 Å². The predicted octanol–water partition coefficient (Wildman–Crippen LogP) is 4.79. The van der Waals surface area contributed by atoms with Gasteiger partial charge in [0.25, 0.3) is 17.1 Å². The number of thioether (sulfide) groups is 1. The van der Waals surface area contributed by atoms with Crippen LogP contribution in [0.4, 0.5) is 26.7 Å². The minimum atomic E-state index is -1.41. The van der Waals surface area contributed by atoms with Gasteiger partial charge < -0.3 is 24.6 Å². The smallest absolute Gasteiger partial charge is 0.429 e. The highest BCUT2D eigenvalue weighted by Crippen LogP contribution is 2.50. The molecule has 0 radical (unpaired) electrons. The number of ether oxygens (including phenoxy) is 2. The van der Waals surface area contributed by atoms with Crippen molar-refractivity contribution >= 4 is 52.9 Å². The van der Waals surface area contributed by atoms with Crippen molar-refractivity contribution in [3.05, 3.63) is 130 Å². The van der Waals surface area contributed by atoms with E-state index in [0.717, 1.165) is 21.8 Å². The first-order valence-electron chi connectivity index (χ1n) is 17.4. The summed E-state index contributed by atoms with van der Waals surface area (Å²) in [6.07, 6.45) is -2.78. The fraction of sp³-hybridized carbons (Fsp3) is 0.333. The quantitative estimate of drug-likeness (QED) is 0.174. The summed E-state index contributed by atoms with van der Waals surface area (Å²) in [6.45, 7) is 0.383. The Morgan fingerprint density at radius 1 is 0.772 bits per heavy atom. The van der Waals surface area contributed by atoms with Crippen LogP contribution in [0.5, 0.6) is 0 Å². The number of benzene rings is 3. The third-order valence-electron chi connectivity index (χ3n) is 9.82. The number of rotatable bonds is 13. The van der Waals surface area contributed by atoms with Gasteiger partial charge in [-0.3, -0.25) is 35.1 Å².